The fraction of sp³-hybridized carbons (Fsp3) is 0.190. The van der Waals surface area contributed by atoms with E-state index in [-0.39, 0.29) is 18.1 Å². The Morgan fingerprint density at radius 1 is 1.17 bits per heavy atom. The third kappa shape index (κ3) is 4.29. The van der Waals surface area contributed by atoms with Crippen LogP contribution in [0.5, 0.6) is 5.75 Å². The molecule has 3 aromatic rings. The predicted octanol–water partition coefficient (Wildman–Crippen LogP) is 3.04. The fourth-order valence-corrected chi connectivity index (χ4v) is 2.98. The van der Waals surface area contributed by atoms with E-state index in [1.165, 1.54) is 16.8 Å². The summed E-state index contributed by atoms with van der Waals surface area (Å²) in [6.45, 7) is 3.72. The molecule has 3 rings (SSSR count). The highest BCUT2D eigenvalue weighted by Gasteiger charge is 2.15. The Labute approximate surface area is 171 Å². The maximum atomic E-state index is 13.6. The molecule has 0 aliphatic heterocycles. The van der Waals surface area contributed by atoms with Gasteiger partial charge in [0, 0.05) is 11.9 Å². The van der Waals surface area contributed by atoms with Gasteiger partial charge in [-0.25, -0.2) is 8.78 Å². The number of carbonyl (C=O) groups is 1. The van der Waals surface area contributed by atoms with Gasteiger partial charge in [0.25, 0.3) is 11.5 Å². The van der Waals surface area contributed by atoms with Gasteiger partial charge in [-0.3, -0.25) is 9.59 Å². The molecule has 30 heavy (non-hydrogen) atoms. The predicted molar refractivity (Wildman–Crippen MR) is 108 cm³/mol. The van der Waals surface area contributed by atoms with Gasteiger partial charge < -0.3 is 20.4 Å². The van der Waals surface area contributed by atoms with Gasteiger partial charge in [-0.05, 0) is 54.8 Å². The van der Waals surface area contributed by atoms with Crippen molar-refractivity contribution in [2.45, 2.75) is 20.4 Å². The number of primary amides is 1. The van der Waals surface area contributed by atoms with Crippen LogP contribution < -0.4 is 21.3 Å². The highest BCUT2D eigenvalue weighted by atomic mass is 19.2. The number of hydrogen-bond acceptors (Lipinski definition) is 5. The van der Waals surface area contributed by atoms with Crippen LogP contribution in [0.25, 0.3) is 0 Å². The number of nitrogens with zero attached hydrogens (tertiary/aromatic N) is 2. The van der Waals surface area contributed by atoms with Crippen molar-refractivity contribution in [1.82, 2.24) is 9.55 Å². The lowest BCUT2D eigenvalue weighted by Gasteiger charge is -2.17. The number of carbonyl (C=O) groups excluding carboxylic acids is 1. The van der Waals surface area contributed by atoms with Crippen molar-refractivity contribution in [2.75, 3.05) is 12.4 Å². The second kappa shape index (κ2) is 8.32. The lowest BCUT2D eigenvalue weighted by Crippen LogP contribution is -2.27. The van der Waals surface area contributed by atoms with Gasteiger partial charge in [0.1, 0.15) is 11.3 Å². The molecule has 0 atom stereocenters. The van der Waals surface area contributed by atoms with Crippen molar-refractivity contribution in [3.8, 4) is 5.75 Å². The number of nitrogens with one attached hydrogen (secondary N) is 1. The highest BCUT2D eigenvalue weighted by Crippen LogP contribution is 2.28. The summed E-state index contributed by atoms with van der Waals surface area (Å²) >= 11 is 0. The second-order valence-corrected chi connectivity index (χ2v) is 6.79. The van der Waals surface area contributed by atoms with E-state index >= 15 is 0 Å². The van der Waals surface area contributed by atoms with Crippen LogP contribution in [0.3, 0.4) is 0 Å². The van der Waals surface area contributed by atoms with Crippen molar-refractivity contribution in [3.05, 3.63) is 80.8 Å². The molecule has 9 heteroatoms. The lowest BCUT2D eigenvalue weighted by atomic mass is 10.1. The van der Waals surface area contributed by atoms with Crippen molar-refractivity contribution >= 4 is 17.5 Å². The van der Waals surface area contributed by atoms with Gasteiger partial charge in [0.05, 0.1) is 13.7 Å². The van der Waals surface area contributed by atoms with Gasteiger partial charge in [0.15, 0.2) is 11.6 Å². The van der Waals surface area contributed by atoms with Crippen LogP contribution in [0.1, 0.15) is 27.0 Å². The summed E-state index contributed by atoms with van der Waals surface area (Å²) in [5, 5.41) is 3.06. The first-order valence-corrected chi connectivity index (χ1v) is 8.97. The Morgan fingerprint density at radius 3 is 2.53 bits per heavy atom. The zero-order valence-electron chi connectivity index (χ0n) is 16.6. The van der Waals surface area contributed by atoms with E-state index in [0.717, 1.165) is 23.3 Å². The van der Waals surface area contributed by atoms with Gasteiger partial charge in [0.2, 0.25) is 5.95 Å². The monoisotopic (exact) mass is 414 g/mol. The van der Waals surface area contributed by atoms with E-state index in [1.54, 1.807) is 7.11 Å². The molecule has 7 nitrogen and oxygen atoms in total. The van der Waals surface area contributed by atoms with Crippen LogP contribution in [0.4, 0.5) is 20.4 Å². The average Bonchev–Trinajstić information content (AvgIpc) is 2.68. The molecule has 0 saturated heterocycles. The summed E-state index contributed by atoms with van der Waals surface area (Å²) in [7, 11) is 1.57. The number of hydrogen-bond donors (Lipinski definition) is 2. The number of benzene rings is 2. The molecule has 156 valence electrons. The lowest BCUT2D eigenvalue weighted by molar-refractivity contribution is 0.0998. The molecule has 2 aromatic carbocycles. The van der Waals surface area contributed by atoms with Gasteiger partial charge in [-0.15, -0.1) is 0 Å². The smallest absolute Gasteiger partial charge is 0.287 e. The first kappa shape index (κ1) is 21.0. The molecule has 1 amide bonds. The SMILES string of the molecule is COc1cc(C)c(Nc2nc(=O)c(C(N)=O)cn2Cc2ccc(F)c(F)c2)cc1C. The standard InChI is InChI=1S/C21H20F2N4O3/c1-11-7-18(30-3)12(2)6-17(11)25-21-26-20(29)14(19(24)28)10-27(21)9-13-4-5-15(22)16(23)8-13/h4-8,10H,9H2,1-3H3,(H2,24,28)(H,25,26,29). The minimum absolute atomic E-state index is 0.0152. The fourth-order valence-electron chi connectivity index (χ4n) is 2.98. The molecule has 0 aliphatic carbocycles. The minimum Gasteiger partial charge on any atom is -0.496 e. The van der Waals surface area contributed by atoms with Crippen molar-refractivity contribution in [1.29, 1.82) is 0 Å². The minimum atomic E-state index is -1.01. The van der Waals surface area contributed by atoms with E-state index < -0.39 is 23.1 Å². The van der Waals surface area contributed by atoms with Crippen molar-refractivity contribution in [3.63, 3.8) is 0 Å². The Kier molecular flexibility index (Phi) is 5.81. The second-order valence-electron chi connectivity index (χ2n) is 6.79. The Balaban J connectivity index is 2.08. The Morgan fingerprint density at radius 2 is 1.90 bits per heavy atom. The first-order chi connectivity index (χ1) is 14.2. The maximum Gasteiger partial charge on any atom is 0.287 e. The van der Waals surface area contributed by atoms with E-state index in [1.807, 2.05) is 26.0 Å². The molecule has 0 spiro atoms. The third-order valence-corrected chi connectivity index (χ3v) is 4.59. The van der Waals surface area contributed by atoms with E-state index in [0.29, 0.717) is 17.0 Å². The summed E-state index contributed by atoms with van der Waals surface area (Å²) < 4.78 is 33.6. The Bertz CT molecular complexity index is 1190. The molecule has 0 bridgehead atoms. The topological polar surface area (TPSA) is 99.2 Å². The molecule has 0 radical (unpaired) electrons. The van der Waals surface area contributed by atoms with Crippen LogP contribution >= 0.6 is 0 Å². The highest BCUT2D eigenvalue weighted by molar-refractivity contribution is 5.92. The molecule has 0 saturated carbocycles. The Hall–Kier alpha value is -3.75. The number of aryl methyl sites for hydroxylation is 2. The molecule has 1 heterocycles. The number of rotatable bonds is 6. The van der Waals surface area contributed by atoms with Crippen LogP contribution in [0.2, 0.25) is 0 Å². The number of nitrogens with two attached hydrogens (primary N) is 1. The summed E-state index contributed by atoms with van der Waals surface area (Å²) in [6, 6.07) is 7.08. The molecular formula is C21H20F2N4O3. The third-order valence-electron chi connectivity index (χ3n) is 4.59. The molecule has 3 N–H and O–H groups in total. The summed E-state index contributed by atoms with van der Waals surface area (Å²) in [4.78, 5) is 27.8. The number of methoxy groups -OCH3 is 1. The number of anilines is 2. The largest absolute Gasteiger partial charge is 0.496 e. The molecule has 0 unspecified atom stereocenters. The van der Waals surface area contributed by atoms with Gasteiger partial charge in [-0.1, -0.05) is 6.07 Å². The zero-order chi connectivity index (χ0) is 22.0. The van der Waals surface area contributed by atoms with Crippen LogP contribution in [0, 0.1) is 25.5 Å². The summed E-state index contributed by atoms with van der Waals surface area (Å²) in [5.74, 6) is -2.10. The molecule has 0 aliphatic rings. The van der Waals surface area contributed by atoms with E-state index in [9.17, 15) is 18.4 Å². The van der Waals surface area contributed by atoms with Crippen molar-refractivity contribution < 1.29 is 18.3 Å². The quantitative estimate of drug-likeness (QED) is 0.646. The average molecular weight is 414 g/mol. The van der Waals surface area contributed by atoms with Crippen molar-refractivity contribution in [2.24, 2.45) is 5.73 Å². The van der Waals surface area contributed by atoms with Crippen LogP contribution in [-0.2, 0) is 6.54 Å². The number of halogens is 2. The zero-order valence-corrected chi connectivity index (χ0v) is 16.6. The molecule has 1 aromatic heterocycles. The normalized spacial score (nSPS) is 10.7. The summed E-state index contributed by atoms with van der Waals surface area (Å²) in [6.07, 6.45) is 1.24. The van der Waals surface area contributed by atoms with Gasteiger partial charge >= 0.3 is 0 Å². The summed E-state index contributed by atoms with van der Waals surface area (Å²) in [5.41, 5.74) is 6.89. The van der Waals surface area contributed by atoms with E-state index in [4.69, 9.17) is 10.5 Å². The number of aromatic nitrogens is 2. The molecule has 0 fully saturated rings. The van der Waals surface area contributed by atoms with Gasteiger partial charge in [-0.2, -0.15) is 4.98 Å². The number of ether oxygens (including phenoxy) is 1. The first-order valence-electron chi connectivity index (χ1n) is 8.97. The van der Waals surface area contributed by atoms with Crippen LogP contribution in [-0.4, -0.2) is 22.6 Å². The van der Waals surface area contributed by atoms with E-state index in [2.05, 4.69) is 10.3 Å². The number of amides is 1. The van der Waals surface area contributed by atoms with Crippen LogP contribution in [0.15, 0.2) is 41.3 Å². The maximum absolute atomic E-state index is 13.6. The molecular weight excluding hydrogens is 394 g/mol.